The zero-order valence-electron chi connectivity index (χ0n) is 15.7. The molecule has 6 aromatic heterocycles. The summed E-state index contributed by atoms with van der Waals surface area (Å²) in [5.74, 6) is 0. The number of nitrogens with zero attached hydrogens (tertiary/aromatic N) is 5. The molecule has 7 heteroatoms. The summed E-state index contributed by atoms with van der Waals surface area (Å²) in [6, 6.07) is 15.9. The third-order valence-electron chi connectivity index (χ3n) is 5.14. The summed E-state index contributed by atoms with van der Waals surface area (Å²) in [4.78, 5) is 21.1. The number of aromatic nitrogens is 7. The number of aromatic amines is 2. The van der Waals surface area contributed by atoms with E-state index in [1.54, 1.807) is 24.8 Å². The standard InChI is InChI=1S/C23H15N7/c1-2-7-25-19(3-1)21-16-12-20(28-18(16)6-10-26-21)22-17-11-15(13-27-23(17)30-29-22)14-4-8-24-9-5-14/h1-13,28H,(H,27,29,30). The predicted molar refractivity (Wildman–Crippen MR) is 115 cm³/mol. The number of rotatable bonds is 3. The summed E-state index contributed by atoms with van der Waals surface area (Å²) >= 11 is 0. The van der Waals surface area contributed by atoms with E-state index in [1.807, 2.05) is 42.6 Å². The van der Waals surface area contributed by atoms with Gasteiger partial charge in [-0.25, -0.2) is 4.98 Å². The van der Waals surface area contributed by atoms with E-state index < -0.39 is 0 Å². The molecule has 0 aliphatic heterocycles. The molecule has 0 spiro atoms. The highest BCUT2D eigenvalue weighted by molar-refractivity contribution is 5.99. The molecule has 0 amide bonds. The van der Waals surface area contributed by atoms with Gasteiger partial charge in [0.1, 0.15) is 5.69 Å². The SMILES string of the molecule is c1ccc(-c2nccc3[nH]c(-c4n[nH]c5ncc(-c6ccncc6)cc45)cc23)nc1. The van der Waals surface area contributed by atoms with Gasteiger partial charge >= 0.3 is 0 Å². The van der Waals surface area contributed by atoms with Crippen molar-refractivity contribution in [1.82, 2.24) is 35.1 Å². The molecular weight excluding hydrogens is 374 g/mol. The van der Waals surface area contributed by atoms with Crippen LogP contribution in [0.2, 0.25) is 0 Å². The molecule has 0 aliphatic rings. The van der Waals surface area contributed by atoms with Gasteiger partial charge in [-0.05, 0) is 48.0 Å². The number of nitrogens with one attached hydrogen (secondary N) is 2. The van der Waals surface area contributed by atoms with Gasteiger partial charge < -0.3 is 4.98 Å². The Kier molecular flexibility index (Phi) is 3.64. The Balaban J connectivity index is 1.52. The van der Waals surface area contributed by atoms with Gasteiger partial charge in [0.05, 0.1) is 17.1 Å². The zero-order valence-corrected chi connectivity index (χ0v) is 15.7. The van der Waals surface area contributed by atoms with Crippen LogP contribution in [0, 0.1) is 0 Å². The second kappa shape index (κ2) is 6.59. The van der Waals surface area contributed by atoms with Crippen molar-refractivity contribution in [3.05, 3.63) is 79.5 Å². The first-order chi connectivity index (χ1) is 14.9. The van der Waals surface area contributed by atoms with Gasteiger partial charge in [0, 0.05) is 52.8 Å². The number of hydrogen-bond acceptors (Lipinski definition) is 5. The lowest BCUT2D eigenvalue weighted by Gasteiger charge is -2.01. The largest absolute Gasteiger partial charge is 0.353 e. The lowest BCUT2D eigenvalue weighted by Crippen LogP contribution is -1.86. The van der Waals surface area contributed by atoms with Crippen molar-refractivity contribution in [1.29, 1.82) is 0 Å². The van der Waals surface area contributed by atoms with E-state index in [4.69, 9.17) is 0 Å². The molecule has 6 aromatic rings. The van der Waals surface area contributed by atoms with Gasteiger partial charge in [-0.1, -0.05) is 6.07 Å². The quantitative estimate of drug-likeness (QED) is 0.460. The van der Waals surface area contributed by atoms with Gasteiger partial charge in [0.2, 0.25) is 0 Å². The number of fused-ring (bicyclic) bond motifs is 2. The summed E-state index contributed by atoms with van der Waals surface area (Å²) in [6.07, 6.45) is 8.96. The van der Waals surface area contributed by atoms with Crippen LogP contribution in [0.4, 0.5) is 0 Å². The van der Waals surface area contributed by atoms with E-state index in [0.29, 0.717) is 0 Å². The van der Waals surface area contributed by atoms with Crippen molar-refractivity contribution in [3.8, 4) is 33.9 Å². The summed E-state index contributed by atoms with van der Waals surface area (Å²) < 4.78 is 0. The van der Waals surface area contributed by atoms with Gasteiger partial charge in [0.15, 0.2) is 5.65 Å². The Hall–Kier alpha value is -4.39. The maximum Gasteiger partial charge on any atom is 0.155 e. The molecule has 0 atom stereocenters. The molecule has 2 N–H and O–H groups in total. The zero-order chi connectivity index (χ0) is 19.9. The highest BCUT2D eigenvalue weighted by Gasteiger charge is 2.15. The fraction of sp³-hybridized carbons (Fsp3) is 0. The first-order valence-electron chi connectivity index (χ1n) is 9.51. The molecule has 6 rings (SSSR count). The normalized spacial score (nSPS) is 11.3. The molecule has 7 nitrogen and oxygen atoms in total. The highest BCUT2D eigenvalue weighted by atomic mass is 15.2. The van der Waals surface area contributed by atoms with E-state index in [-0.39, 0.29) is 0 Å². The Morgan fingerprint density at radius 1 is 0.700 bits per heavy atom. The second-order valence-corrected chi connectivity index (χ2v) is 6.95. The van der Waals surface area contributed by atoms with Crippen molar-refractivity contribution in [3.63, 3.8) is 0 Å². The maximum atomic E-state index is 4.56. The van der Waals surface area contributed by atoms with Crippen LogP contribution in [0.1, 0.15) is 0 Å². The van der Waals surface area contributed by atoms with Crippen molar-refractivity contribution >= 4 is 21.9 Å². The number of hydrogen-bond donors (Lipinski definition) is 2. The van der Waals surface area contributed by atoms with E-state index in [2.05, 4.69) is 47.2 Å². The minimum atomic E-state index is 0.740. The summed E-state index contributed by atoms with van der Waals surface area (Å²) in [7, 11) is 0. The molecule has 0 aliphatic carbocycles. The maximum absolute atomic E-state index is 4.56. The Labute approximate surface area is 170 Å². The van der Waals surface area contributed by atoms with Crippen LogP contribution in [-0.2, 0) is 0 Å². The molecular formula is C23H15N7. The molecule has 30 heavy (non-hydrogen) atoms. The van der Waals surface area contributed by atoms with Gasteiger partial charge in [-0.3, -0.25) is 20.1 Å². The molecule has 0 saturated carbocycles. The first-order valence-corrected chi connectivity index (χ1v) is 9.51. The van der Waals surface area contributed by atoms with E-state index in [0.717, 1.165) is 55.8 Å². The molecule has 0 aromatic carbocycles. The van der Waals surface area contributed by atoms with Crippen molar-refractivity contribution in [2.24, 2.45) is 0 Å². The van der Waals surface area contributed by atoms with Gasteiger partial charge in [0.25, 0.3) is 0 Å². The fourth-order valence-electron chi connectivity index (χ4n) is 3.70. The van der Waals surface area contributed by atoms with Crippen LogP contribution < -0.4 is 0 Å². The van der Waals surface area contributed by atoms with E-state index >= 15 is 0 Å². The Morgan fingerprint density at radius 3 is 2.50 bits per heavy atom. The van der Waals surface area contributed by atoms with E-state index in [1.165, 1.54) is 0 Å². The van der Waals surface area contributed by atoms with E-state index in [9.17, 15) is 0 Å². The van der Waals surface area contributed by atoms with Crippen molar-refractivity contribution in [2.45, 2.75) is 0 Å². The average Bonchev–Trinajstić information content (AvgIpc) is 3.43. The van der Waals surface area contributed by atoms with Crippen molar-refractivity contribution in [2.75, 3.05) is 0 Å². The molecule has 142 valence electrons. The van der Waals surface area contributed by atoms with Gasteiger partial charge in [-0.2, -0.15) is 5.10 Å². The Bertz CT molecular complexity index is 1480. The fourth-order valence-corrected chi connectivity index (χ4v) is 3.70. The first kappa shape index (κ1) is 16.6. The molecule has 0 bridgehead atoms. The summed E-state index contributed by atoms with van der Waals surface area (Å²) in [5, 5.41) is 9.51. The number of H-pyrrole nitrogens is 2. The number of pyridine rings is 4. The summed E-state index contributed by atoms with van der Waals surface area (Å²) in [5.41, 5.74) is 7.18. The second-order valence-electron chi connectivity index (χ2n) is 6.95. The van der Waals surface area contributed by atoms with Crippen LogP contribution in [-0.4, -0.2) is 35.1 Å². The molecule has 0 unspecified atom stereocenters. The third kappa shape index (κ3) is 2.64. The Morgan fingerprint density at radius 2 is 1.63 bits per heavy atom. The lowest BCUT2D eigenvalue weighted by atomic mass is 10.1. The van der Waals surface area contributed by atoms with Crippen LogP contribution in [0.25, 0.3) is 55.8 Å². The topological polar surface area (TPSA) is 96.0 Å². The van der Waals surface area contributed by atoms with Crippen molar-refractivity contribution < 1.29 is 0 Å². The average molecular weight is 389 g/mol. The molecule has 0 radical (unpaired) electrons. The van der Waals surface area contributed by atoms with Gasteiger partial charge in [-0.15, -0.1) is 0 Å². The molecule has 0 fully saturated rings. The lowest BCUT2D eigenvalue weighted by molar-refractivity contribution is 1.10. The minimum Gasteiger partial charge on any atom is -0.353 e. The smallest absolute Gasteiger partial charge is 0.155 e. The minimum absolute atomic E-state index is 0.740. The molecule has 0 saturated heterocycles. The highest BCUT2D eigenvalue weighted by Crippen LogP contribution is 2.33. The van der Waals surface area contributed by atoms with Crippen LogP contribution >= 0.6 is 0 Å². The molecule has 6 heterocycles. The van der Waals surface area contributed by atoms with Crippen LogP contribution in [0.15, 0.2) is 79.5 Å². The summed E-state index contributed by atoms with van der Waals surface area (Å²) in [6.45, 7) is 0. The van der Waals surface area contributed by atoms with Crippen LogP contribution in [0.5, 0.6) is 0 Å². The monoisotopic (exact) mass is 389 g/mol. The van der Waals surface area contributed by atoms with Crippen LogP contribution in [0.3, 0.4) is 0 Å². The third-order valence-corrected chi connectivity index (χ3v) is 5.14. The predicted octanol–water partition coefficient (Wildman–Crippen LogP) is 4.63.